The first-order valence-electron chi connectivity index (χ1n) is 13.9. The maximum atomic E-state index is 13.7. The van der Waals surface area contributed by atoms with Crippen molar-refractivity contribution in [3.8, 4) is 0 Å². The number of unbranched alkanes of at least 4 members (excludes halogenated alkanes) is 1. The largest absolute Gasteiger partial charge is 0.465 e. The number of esters is 2. The fourth-order valence-electron chi connectivity index (χ4n) is 4.53. The smallest absolute Gasteiger partial charge is 0.328 e. The average Bonchev–Trinajstić information content (AvgIpc) is 3.44. The Balaban J connectivity index is 2.01. The van der Waals surface area contributed by atoms with E-state index < -0.39 is 35.5 Å². The molecule has 0 spiro atoms. The molecule has 1 aliphatic rings. The molecule has 1 fully saturated rings. The van der Waals surface area contributed by atoms with E-state index in [2.05, 4.69) is 10.2 Å². The van der Waals surface area contributed by atoms with E-state index in [0.717, 1.165) is 12.0 Å². The number of hydrogen-bond acceptors (Lipinski definition) is 12. The van der Waals surface area contributed by atoms with Gasteiger partial charge >= 0.3 is 11.9 Å². The van der Waals surface area contributed by atoms with Crippen molar-refractivity contribution in [2.75, 3.05) is 46.1 Å². The van der Waals surface area contributed by atoms with Crippen molar-refractivity contribution in [1.29, 1.82) is 0 Å². The van der Waals surface area contributed by atoms with Crippen LogP contribution in [0.4, 0.5) is 0 Å². The molecule has 0 radical (unpaired) electrons. The fourth-order valence-corrected chi connectivity index (χ4v) is 4.53. The second-order valence-corrected chi connectivity index (χ2v) is 9.39. The maximum absolute atomic E-state index is 13.7. The highest BCUT2D eigenvalue weighted by Gasteiger charge is 2.39. The van der Waals surface area contributed by atoms with Crippen LogP contribution in [0, 0.1) is 0 Å². The van der Waals surface area contributed by atoms with E-state index in [1.54, 1.807) is 6.92 Å². The summed E-state index contributed by atoms with van der Waals surface area (Å²) in [6.07, 6.45) is 4.09. The number of nitrogens with zero attached hydrogens (tertiary/aromatic N) is 2. The molecule has 226 valence electrons. The summed E-state index contributed by atoms with van der Waals surface area (Å²) in [5, 5.41) is 19.8. The first kappa shape index (κ1) is 33.6. The number of aryl methyl sites for hydroxylation is 1. The lowest BCUT2D eigenvalue weighted by Gasteiger charge is -2.30. The number of nitrogens with two attached hydrogens (primary N) is 1. The Morgan fingerprint density at radius 1 is 1.05 bits per heavy atom. The van der Waals surface area contributed by atoms with Crippen LogP contribution >= 0.6 is 0 Å². The minimum atomic E-state index is -0.725. The summed E-state index contributed by atoms with van der Waals surface area (Å²) in [4.78, 5) is 45.3. The van der Waals surface area contributed by atoms with E-state index in [4.69, 9.17) is 30.4 Å². The van der Waals surface area contributed by atoms with Gasteiger partial charge in [-0.1, -0.05) is 36.8 Å². The second-order valence-electron chi connectivity index (χ2n) is 9.39. The van der Waals surface area contributed by atoms with Gasteiger partial charge in [0.25, 0.3) is 0 Å². The van der Waals surface area contributed by atoms with Gasteiger partial charge in [0, 0.05) is 6.54 Å². The van der Waals surface area contributed by atoms with Crippen molar-refractivity contribution in [2.24, 2.45) is 5.73 Å². The number of amides is 1. The molecule has 2 rings (SSSR count). The molecule has 40 heavy (non-hydrogen) atoms. The van der Waals surface area contributed by atoms with Crippen LogP contribution in [0.3, 0.4) is 0 Å². The van der Waals surface area contributed by atoms with Gasteiger partial charge in [0.2, 0.25) is 5.91 Å². The van der Waals surface area contributed by atoms with Gasteiger partial charge in [-0.3, -0.25) is 25.3 Å². The lowest BCUT2D eigenvalue weighted by molar-refractivity contribution is -0.493. The Morgan fingerprint density at radius 2 is 1.80 bits per heavy atom. The summed E-state index contributed by atoms with van der Waals surface area (Å²) >= 11 is 0. The molecule has 0 saturated carbocycles. The third-order valence-corrected chi connectivity index (χ3v) is 6.50. The van der Waals surface area contributed by atoms with Gasteiger partial charge in [-0.15, -0.1) is 0 Å². The van der Waals surface area contributed by atoms with Gasteiger partial charge < -0.3 is 24.8 Å². The molecule has 1 heterocycles. The van der Waals surface area contributed by atoms with Gasteiger partial charge in [0.1, 0.15) is 18.7 Å². The Morgan fingerprint density at radius 3 is 2.50 bits per heavy atom. The van der Waals surface area contributed by atoms with Gasteiger partial charge in [-0.2, -0.15) is 0 Å². The zero-order valence-corrected chi connectivity index (χ0v) is 23.2. The summed E-state index contributed by atoms with van der Waals surface area (Å²) in [5.41, 5.74) is 6.76. The Hall–Kier alpha value is -2.65. The first-order valence-corrected chi connectivity index (χ1v) is 13.9. The quantitative estimate of drug-likeness (QED) is 0.101. The van der Waals surface area contributed by atoms with Gasteiger partial charge in [0.05, 0.1) is 37.9 Å². The molecule has 5 N–H and O–H groups in total. The number of hydrogen-bond donors (Lipinski definition) is 4. The predicted molar refractivity (Wildman–Crippen MR) is 143 cm³/mol. The van der Waals surface area contributed by atoms with Gasteiger partial charge in [-0.05, 0) is 57.6 Å². The number of benzene rings is 1. The second kappa shape index (κ2) is 19.4. The number of ether oxygens (including phenoxy) is 3. The van der Waals surface area contributed by atoms with E-state index in [-0.39, 0.29) is 38.9 Å². The van der Waals surface area contributed by atoms with E-state index in [9.17, 15) is 14.4 Å². The molecule has 1 aromatic carbocycles. The molecule has 13 nitrogen and oxygen atoms in total. The monoisotopic (exact) mass is 568 g/mol. The van der Waals surface area contributed by atoms with E-state index in [1.807, 2.05) is 30.3 Å². The number of nitrogens with one attached hydrogen (secondary N) is 1. The molecule has 1 aliphatic heterocycles. The lowest BCUT2D eigenvalue weighted by atomic mass is 10.0. The zero-order valence-electron chi connectivity index (χ0n) is 23.2. The fraction of sp³-hybridized carbons (Fsp3) is 0.667. The van der Waals surface area contributed by atoms with Crippen molar-refractivity contribution in [2.45, 2.75) is 70.0 Å². The average molecular weight is 569 g/mol. The molecule has 1 amide bonds. The normalized spacial score (nSPS) is 16.6. The van der Waals surface area contributed by atoms with Crippen LogP contribution in [0.5, 0.6) is 0 Å². The minimum Gasteiger partial charge on any atom is -0.465 e. The minimum absolute atomic E-state index is 0.0259. The summed E-state index contributed by atoms with van der Waals surface area (Å²) < 4.78 is 15.8. The highest BCUT2D eigenvalue weighted by atomic mass is 17.1. The summed E-state index contributed by atoms with van der Waals surface area (Å²) in [7, 11) is 0. The zero-order chi connectivity index (χ0) is 29.2. The third kappa shape index (κ3) is 12.3. The number of carbonyl (C=O) groups excluding carboxylic acids is 3. The van der Waals surface area contributed by atoms with Gasteiger partial charge in [-0.25, -0.2) is 9.63 Å². The molecule has 1 saturated heterocycles. The maximum Gasteiger partial charge on any atom is 0.328 e. The van der Waals surface area contributed by atoms with Crippen molar-refractivity contribution < 1.29 is 43.8 Å². The Kier molecular flexibility index (Phi) is 16.3. The van der Waals surface area contributed by atoms with Crippen LogP contribution in [0.1, 0.15) is 51.0 Å². The topological polar surface area (TPSA) is 173 Å². The molecule has 0 aromatic heterocycles. The van der Waals surface area contributed by atoms with Crippen LogP contribution in [0.2, 0.25) is 0 Å². The van der Waals surface area contributed by atoms with Crippen molar-refractivity contribution in [3.63, 3.8) is 0 Å². The third-order valence-electron chi connectivity index (χ3n) is 6.50. The summed E-state index contributed by atoms with van der Waals surface area (Å²) in [6, 6.07) is 7.68. The molecular formula is C27H44N4O9. The SMILES string of the molecule is CCOC(=O)C(CCc1ccccc1)NC(CCCCN)C(=O)N1CCCC1C(=O)OCCOCCON(O)O. The van der Waals surface area contributed by atoms with E-state index >= 15 is 0 Å². The van der Waals surface area contributed by atoms with Crippen LogP contribution in [0.15, 0.2) is 30.3 Å². The first-order chi connectivity index (χ1) is 19.4. The molecule has 0 aliphatic carbocycles. The number of rotatable bonds is 20. The Labute approximate surface area is 235 Å². The van der Waals surface area contributed by atoms with Crippen molar-refractivity contribution in [1.82, 2.24) is 15.6 Å². The molecule has 13 heteroatoms. The van der Waals surface area contributed by atoms with Crippen LogP contribution in [-0.2, 0) is 39.9 Å². The van der Waals surface area contributed by atoms with Crippen molar-refractivity contribution >= 4 is 17.8 Å². The predicted octanol–water partition coefficient (Wildman–Crippen LogP) is 1.20. The van der Waals surface area contributed by atoms with E-state index in [0.29, 0.717) is 51.6 Å². The lowest BCUT2D eigenvalue weighted by Crippen LogP contribution is -2.54. The number of carbonyl (C=O) groups is 3. The number of likely N-dealkylation sites (tertiary alicyclic amines) is 1. The van der Waals surface area contributed by atoms with Crippen LogP contribution in [-0.4, -0.2) is 103 Å². The highest BCUT2D eigenvalue weighted by Crippen LogP contribution is 2.21. The molecule has 0 bridgehead atoms. The Bertz CT molecular complexity index is 875. The van der Waals surface area contributed by atoms with E-state index in [1.165, 1.54) is 4.90 Å². The molecule has 3 atom stereocenters. The van der Waals surface area contributed by atoms with Gasteiger partial charge in [0.15, 0.2) is 0 Å². The van der Waals surface area contributed by atoms with Crippen molar-refractivity contribution in [3.05, 3.63) is 35.9 Å². The molecule has 1 aromatic rings. The van der Waals surface area contributed by atoms with Crippen LogP contribution in [0.25, 0.3) is 0 Å². The highest BCUT2D eigenvalue weighted by molar-refractivity contribution is 5.89. The molecular weight excluding hydrogens is 524 g/mol. The standard InChI is InChI=1S/C27H44N4O9/c1-2-38-26(33)23(14-13-21-9-4-3-5-10-21)29-22(11-6-7-15-28)25(32)30-16-8-12-24(30)27(34)39-19-17-37-18-20-40-31(35)36/h3-5,9-10,22-24,29,35-36H,2,6-8,11-20,28H2,1H3. The van der Waals surface area contributed by atoms with Crippen LogP contribution < -0.4 is 11.1 Å². The summed E-state index contributed by atoms with van der Waals surface area (Å²) in [6.45, 7) is 2.89. The summed E-state index contributed by atoms with van der Waals surface area (Å²) in [5.74, 6) is -1.19. The molecule has 3 unspecified atom stereocenters.